The summed E-state index contributed by atoms with van der Waals surface area (Å²) < 4.78 is 8.07. The lowest BCUT2D eigenvalue weighted by Crippen LogP contribution is -2.25. The van der Waals surface area contributed by atoms with Gasteiger partial charge in [0.25, 0.3) is 0 Å². The Kier molecular flexibility index (Phi) is 4.86. The number of nitrogens with zero attached hydrogens (tertiary/aromatic N) is 1. The van der Waals surface area contributed by atoms with Crippen LogP contribution in [0.2, 0.25) is 0 Å². The zero-order valence-electron chi connectivity index (χ0n) is 14.9. The Hall–Kier alpha value is -2.10. The molecule has 0 aliphatic carbocycles. The fourth-order valence-electron chi connectivity index (χ4n) is 3.77. The number of rotatable bonds is 6. The molecule has 1 fully saturated rings. The largest absolute Gasteiger partial charge is 0.377 e. The minimum atomic E-state index is 0.389. The van der Waals surface area contributed by atoms with E-state index in [2.05, 4.69) is 71.5 Å². The Morgan fingerprint density at radius 2 is 2.08 bits per heavy atom. The smallest absolute Gasteiger partial charge is 0.0700 e. The second kappa shape index (κ2) is 7.42. The zero-order chi connectivity index (χ0) is 17.1. The van der Waals surface area contributed by atoms with E-state index in [9.17, 15) is 0 Å². The van der Waals surface area contributed by atoms with Crippen LogP contribution in [-0.4, -0.2) is 23.8 Å². The fourth-order valence-corrected chi connectivity index (χ4v) is 3.77. The van der Waals surface area contributed by atoms with Crippen molar-refractivity contribution in [2.45, 2.75) is 39.0 Å². The summed E-state index contributed by atoms with van der Waals surface area (Å²) in [6.45, 7) is 5.81. The van der Waals surface area contributed by atoms with Crippen molar-refractivity contribution in [2.75, 3.05) is 13.2 Å². The van der Waals surface area contributed by atoms with Gasteiger partial charge in [0.05, 0.1) is 6.10 Å². The molecule has 1 aliphatic heterocycles. The maximum atomic E-state index is 5.71. The van der Waals surface area contributed by atoms with Crippen molar-refractivity contribution in [3.05, 3.63) is 71.4 Å². The van der Waals surface area contributed by atoms with Gasteiger partial charge in [-0.25, -0.2) is 0 Å². The van der Waals surface area contributed by atoms with Crippen molar-refractivity contribution >= 4 is 10.9 Å². The third-order valence-electron chi connectivity index (χ3n) is 5.02. The first kappa shape index (κ1) is 16.4. The van der Waals surface area contributed by atoms with E-state index in [-0.39, 0.29) is 0 Å². The van der Waals surface area contributed by atoms with Crippen molar-refractivity contribution in [3.63, 3.8) is 0 Å². The van der Waals surface area contributed by atoms with Crippen LogP contribution in [-0.2, 0) is 17.8 Å². The standard InChI is InChI=1S/C22H26N2O/c1-17-6-4-7-18(12-17)15-24-16-19(21-9-2-3-10-22(21)24)13-23-14-20-8-5-11-25-20/h2-4,6-7,9-10,12,16,20,23H,5,8,11,13-15H2,1H3/t20-/m0/s1. The van der Waals surface area contributed by atoms with Crippen molar-refractivity contribution < 1.29 is 4.74 Å². The van der Waals surface area contributed by atoms with Crippen LogP contribution < -0.4 is 5.32 Å². The normalized spacial score (nSPS) is 17.4. The Labute approximate surface area is 149 Å². The quantitative estimate of drug-likeness (QED) is 0.729. The highest BCUT2D eigenvalue weighted by Crippen LogP contribution is 2.23. The highest BCUT2D eigenvalue weighted by atomic mass is 16.5. The van der Waals surface area contributed by atoms with Gasteiger partial charge in [0.1, 0.15) is 0 Å². The van der Waals surface area contributed by atoms with E-state index in [1.165, 1.54) is 40.4 Å². The summed E-state index contributed by atoms with van der Waals surface area (Å²) in [5.41, 5.74) is 5.33. The van der Waals surface area contributed by atoms with E-state index >= 15 is 0 Å². The van der Waals surface area contributed by atoms with E-state index in [4.69, 9.17) is 4.74 Å². The molecule has 2 heterocycles. The summed E-state index contributed by atoms with van der Waals surface area (Å²) in [5.74, 6) is 0. The van der Waals surface area contributed by atoms with Gasteiger partial charge < -0.3 is 14.6 Å². The van der Waals surface area contributed by atoms with Crippen LogP contribution in [0.4, 0.5) is 0 Å². The minimum absolute atomic E-state index is 0.389. The first-order valence-electron chi connectivity index (χ1n) is 9.24. The predicted octanol–water partition coefficient (Wildman–Crippen LogP) is 4.27. The average Bonchev–Trinajstić information content (AvgIpc) is 3.24. The Bertz CT molecular complexity index is 846. The molecule has 0 spiro atoms. The highest BCUT2D eigenvalue weighted by molar-refractivity contribution is 5.84. The molecule has 3 nitrogen and oxygen atoms in total. The zero-order valence-corrected chi connectivity index (χ0v) is 14.9. The second-order valence-electron chi connectivity index (χ2n) is 7.05. The van der Waals surface area contributed by atoms with E-state index in [1.807, 2.05) is 0 Å². The molecule has 0 bridgehead atoms. The molecule has 1 aliphatic rings. The molecule has 1 saturated heterocycles. The summed E-state index contributed by atoms with van der Waals surface area (Å²) in [7, 11) is 0. The van der Waals surface area contributed by atoms with Crippen molar-refractivity contribution in [2.24, 2.45) is 0 Å². The summed E-state index contributed by atoms with van der Waals surface area (Å²) in [6.07, 6.45) is 5.07. The Morgan fingerprint density at radius 1 is 1.16 bits per heavy atom. The maximum Gasteiger partial charge on any atom is 0.0700 e. The van der Waals surface area contributed by atoms with E-state index in [0.717, 1.165) is 26.2 Å². The van der Waals surface area contributed by atoms with Gasteiger partial charge in [-0.15, -0.1) is 0 Å². The minimum Gasteiger partial charge on any atom is -0.377 e. The number of benzene rings is 2. The van der Waals surface area contributed by atoms with Crippen molar-refractivity contribution in [1.82, 2.24) is 9.88 Å². The molecule has 3 aromatic rings. The SMILES string of the molecule is Cc1cccc(Cn2cc(CNC[C@@H]3CCCO3)c3ccccc32)c1. The Morgan fingerprint density at radius 3 is 2.92 bits per heavy atom. The third kappa shape index (κ3) is 3.78. The van der Waals surface area contributed by atoms with Gasteiger partial charge in [0.2, 0.25) is 0 Å². The molecule has 2 aromatic carbocycles. The molecule has 130 valence electrons. The molecule has 0 unspecified atom stereocenters. The lowest BCUT2D eigenvalue weighted by atomic mass is 10.1. The van der Waals surface area contributed by atoms with Crippen LogP contribution >= 0.6 is 0 Å². The fraction of sp³-hybridized carbons (Fsp3) is 0.364. The Balaban J connectivity index is 1.53. The first-order chi connectivity index (χ1) is 12.3. The second-order valence-corrected chi connectivity index (χ2v) is 7.05. The van der Waals surface area contributed by atoms with E-state index in [1.54, 1.807) is 0 Å². The summed E-state index contributed by atoms with van der Waals surface area (Å²) >= 11 is 0. The molecule has 25 heavy (non-hydrogen) atoms. The van der Waals surface area contributed by atoms with Gasteiger partial charge in [-0.3, -0.25) is 0 Å². The molecule has 1 N–H and O–H groups in total. The van der Waals surface area contributed by atoms with Crippen LogP contribution in [0.25, 0.3) is 10.9 Å². The van der Waals surface area contributed by atoms with Crippen LogP contribution in [0.15, 0.2) is 54.7 Å². The number of nitrogens with one attached hydrogen (secondary N) is 1. The number of hydrogen-bond donors (Lipinski definition) is 1. The number of aryl methyl sites for hydroxylation is 1. The molecule has 0 radical (unpaired) electrons. The molecular formula is C22H26N2O. The lowest BCUT2D eigenvalue weighted by Gasteiger charge is -2.10. The molecule has 0 saturated carbocycles. The molecule has 1 aromatic heterocycles. The molecule has 4 rings (SSSR count). The van der Waals surface area contributed by atoms with Crippen LogP contribution in [0.1, 0.15) is 29.5 Å². The average molecular weight is 334 g/mol. The summed E-state index contributed by atoms with van der Waals surface area (Å²) in [6, 6.07) is 17.5. The summed E-state index contributed by atoms with van der Waals surface area (Å²) in [5, 5.41) is 4.93. The number of fused-ring (bicyclic) bond motifs is 1. The number of aromatic nitrogens is 1. The van der Waals surface area contributed by atoms with Crippen molar-refractivity contribution in [3.8, 4) is 0 Å². The molecule has 1 atom stereocenters. The highest BCUT2D eigenvalue weighted by Gasteiger charge is 2.15. The predicted molar refractivity (Wildman–Crippen MR) is 103 cm³/mol. The summed E-state index contributed by atoms with van der Waals surface area (Å²) in [4.78, 5) is 0. The number of hydrogen-bond acceptors (Lipinski definition) is 2. The van der Waals surface area contributed by atoms with Gasteiger partial charge in [0, 0.05) is 43.3 Å². The lowest BCUT2D eigenvalue weighted by molar-refractivity contribution is 0.110. The molecule has 3 heteroatoms. The molecule has 0 amide bonds. The van der Waals surface area contributed by atoms with Gasteiger partial charge in [-0.1, -0.05) is 48.0 Å². The van der Waals surface area contributed by atoms with Crippen LogP contribution in [0.3, 0.4) is 0 Å². The van der Waals surface area contributed by atoms with Crippen LogP contribution in [0, 0.1) is 6.92 Å². The number of ether oxygens (including phenoxy) is 1. The number of para-hydroxylation sites is 1. The van der Waals surface area contributed by atoms with Gasteiger partial charge in [-0.05, 0) is 37.0 Å². The van der Waals surface area contributed by atoms with Crippen LogP contribution in [0.5, 0.6) is 0 Å². The van der Waals surface area contributed by atoms with Crippen molar-refractivity contribution in [1.29, 1.82) is 0 Å². The van der Waals surface area contributed by atoms with E-state index in [0.29, 0.717) is 6.10 Å². The first-order valence-corrected chi connectivity index (χ1v) is 9.24. The monoisotopic (exact) mass is 334 g/mol. The molecular weight excluding hydrogens is 308 g/mol. The van der Waals surface area contributed by atoms with Gasteiger partial charge in [0.15, 0.2) is 0 Å². The third-order valence-corrected chi connectivity index (χ3v) is 5.02. The van der Waals surface area contributed by atoms with Gasteiger partial charge in [-0.2, -0.15) is 0 Å². The van der Waals surface area contributed by atoms with Gasteiger partial charge >= 0.3 is 0 Å². The maximum absolute atomic E-state index is 5.71. The topological polar surface area (TPSA) is 26.2 Å². The van der Waals surface area contributed by atoms with E-state index < -0.39 is 0 Å².